The minimum atomic E-state index is 0.320. The summed E-state index contributed by atoms with van der Waals surface area (Å²) in [6, 6.07) is 6.04. The van der Waals surface area contributed by atoms with Crippen molar-refractivity contribution in [2.45, 2.75) is 32.2 Å². The summed E-state index contributed by atoms with van der Waals surface area (Å²) in [5.41, 5.74) is 9.15. The third-order valence-corrected chi connectivity index (χ3v) is 3.76. The smallest absolute Gasteiger partial charge is 0.223 e. The zero-order valence-electron chi connectivity index (χ0n) is 9.98. The van der Waals surface area contributed by atoms with E-state index in [1.165, 1.54) is 24.0 Å². The molecule has 90 valence electrons. The Hall–Kier alpha value is -1.51. The van der Waals surface area contributed by atoms with E-state index in [0.29, 0.717) is 11.8 Å². The summed E-state index contributed by atoms with van der Waals surface area (Å²) < 4.78 is 0. The van der Waals surface area contributed by atoms with E-state index < -0.39 is 0 Å². The molecule has 1 saturated carbocycles. The minimum absolute atomic E-state index is 0.320. The summed E-state index contributed by atoms with van der Waals surface area (Å²) in [6.45, 7) is 1.61. The van der Waals surface area contributed by atoms with Gasteiger partial charge in [0.25, 0.3) is 0 Å². The van der Waals surface area contributed by atoms with Gasteiger partial charge in [-0.2, -0.15) is 0 Å². The molecule has 0 aromatic heterocycles. The van der Waals surface area contributed by atoms with Gasteiger partial charge in [-0.3, -0.25) is 4.79 Å². The highest BCUT2D eigenvalue weighted by Crippen LogP contribution is 2.33. The van der Waals surface area contributed by atoms with Crippen LogP contribution in [0.1, 0.15) is 30.4 Å². The molecule has 2 aliphatic rings. The lowest BCUT2D eigenvalue weighted by Crippen LogP contribution is -2.36. The van der Waals surface area contributed by atoms with Crippen LogP contribution < -0.4 is 5.73 Å². The lowest BCUT2D eigenvalue weighted by Gasteiger charge is -2.29. The number of carbonyl (C=O) groups excluding carboxylic acids is 1. The van der Waals surface area contributed by atoms with E-state index in [2.05, 4.69) is 6.07 Å². The molecule has 0 spiro atoms. The Morgan fingerprint density at radius 1 is 1.35 bits per heavy atom. The van der Waals surface area contributed by atoms with Crippen molar-refractivity contribution in [3.8, 4) is 0 Å². The van der Waals surface area contributed by atoms with Crippen LogP contribution in [0.15, 0.2) is 18.2 Å². The first-order valence-corrected chi connectivity index (χ1v) is 6.37. The van der Waals surface area contributed by atoms with Crippen molar-refractivity contribution in [1.29, 1.82) is 0 Å². The molecule has 0 saturated heterocycles. The van der Waals surface area contributed by atoms with E-state index in [9.17, 15) is 4.79 Å². The molecule has 3 rings (SSSR count). The van der Waals surface area contributed by atoms with Crippen LogP contribution in [0.2, 0.25) is 0 Å². The molecular weight excluding hydrogens is 212 g/mol. The average Bonchev–Trinajstić information content (AvgIpc) is 3.12. The second-order valence-electron chi connectivity index (χ2n) is 5.24. The van der Waals surface area contributed by atoms with E-state index in [-0.39, 0.29) is 0 Å². The SMILES string of the molecule is Nc1ccc2c(c1)CN(C(=O)CC1CC1)CC2. The van der Waals surface area contributed by atoms with Gasteiger partial charge in [-0.25, -0.2) is 0 Å². The number of nitrogen functional groups attached to an aromatic ring is 1. The molecule has 0 bridgehead atoms. The highest BCUT2D eigenvalue weighted by Gasteiger charge is 2.28. The number of amides is 1. The predicted molar refractivity (Wildman–Crippen MR) is 67.3 cm³/mol. The average molecular weight is 230 g/mol. The van der Waals surface area contributed by atoms with Gasteiger partial charge >= 0.3 is 0 Å². The van der Waals surface area contributed by atoms with Crippen molar-refractivity contribution >= 4 is 11.6 Å². The van der Waals surface area contributed by atoms with Gasteiger partial charge in [0.2, 0.25) is 5.91 Å². The molecule has 3 heteroatoms. The molecule has 0 radical (unpaired) electrons. The molecule has 1 aliphatic carbocycles. The Balaban J connectivity index is 1.72. The maximum Gasteiger partial charge on any atom is 0.223 e. The van der Waals surface area contributed by atoms with Gasteiger partial charge in [-0.1, -0.05) is 6.07 Å². The summed E-state index contributed by atoms with van der Waals surface area (Å²) in [7, 11) is 0. The van der Waals surface area contributed by atoms with Gasteiger partial charge in [0, 0.05) is 25.2 Å². The third kappa shape index (κ3) is 2.28. The summed E-state index contributed by atoms with van der Waals surface area (Å²) >= 11 is 0. The van der Waals surface area contributed by atoms with Crippen molar-refractivity contribution in [3.63, 3.8) is 0 Å². The molecule has 1 fully saturated rings. The van der Waals surface area contributed by atoms with Crippen LogP contribution in [-0.2, 0) is 17.8 Å². The standard InChI is InChI=1S/C14H18N2O/c15-13-4-3-11-5-6-16(9-12(11)8-13)14(17)7-10-1-2-10/h3-4,8,10H,1-2,5-7,9,15H2. The molecule has 0 unspecified atom stereocenters. The van der Waals surface area contributed by atoms with Crippen molar-refractivity contribution in [3.05, 3.63) is 29.3 Å². The molecular formula is C14H18N2O. The van der Waals surface area contributed by atoms with Gasteiger partial charge in [0.05, 0.1) is 0 Å². The molecule has 1 aliphatic heterocycles. The van der Waals surface area contributed by atoms with E-state index >= 15 is 0 Å². The number of benzene rings is 1. The molecule has 1 heterocycles. The number of fused-ring (bicyclic) bond motifs is 1. The molecule has 17 heavy (non-hydrogen) atoms. The summed E-state index contributed by atoms with van der Waals surface area (Å²) in [6.07, 6.45) is 4.19. The first-order valence-electron chi connectivity index (χ1n) is 6.37. The Kier molecular flexibility index (Phi) is 2.54. The second kappa shape index (κ2) is 4.06. The minimum Gasteiger partial charge on any atom is -0.399 e. The zero-order chi connectivity index (χ0) is 11.8. The monoisotopic (exact) mass is 230 g/mol. The van der Waals surface area contributed by atoms with Crippen molar-refractivity contribution < 1.29 is 4.79 Å². The Morgan fingerprint density at radius 3 is 2.94 bits per heavy atom. The van der Waals surface area contributed by atoms with Crippen LogP contribution in [0.25, 0.3) is 0 Å². The molecule has 2 N–H and O–H groups in total. The lowest BCUT2D eigenvalue weighted by atomic mass is 9.99. The van der Waals surface area contributed by atoms with Gasteiger partial charge in [-0.15, -0.1) is 0 Å². The largest absolute Gasteiger partial charge is 0.399 e. The quantitative estimate of drug-likeness (QED) is 0.789. The number of hydrogen-bond acceptors (Lipinski definition) is 2. The van der Waals surface area contributed by atoms with Crippen molar-refractivity contribution in [2.75, 3.05) is 12.3 Å². The maximum atomic E-state index is 12.0. The van der Waals surface area contributed by atoms with Gasteiger partial charge in [0.15, 0.2) is 0 Å². The van der Waals surface area contributed by atoms with E-state index in [1.54, 1.807) is 0 Å². The van der Waals surface area contributed by atoms with Crippen molar-refractivity contribution in [1.82, 2.24) is 4.90 Å². The van der Waals surface area contributed by atoms with E-state index in [1.807, 2.05) is 17.0 Å². The molecule has 1 aromatic rings. The molecule has 1 amide bonds. The van der Waals surface area contributed by atoms with Crippen molar-refractivity contribution in [2.24, 2.45) is 5.92 Å². The van der Waals surface area contributed by atoms with E-state index in [4.69, 9.17) is 5.73 Å². The fraction of sp³-hybridized carbons (Fsp3) is 0.500. The lowest BCUT2D eigenvalue weighted by molar-refractivity contribution is -0.132. The number of anilines is 1. The van der Waals surface area contributed by atoms with Crippen LogP contribution in [0.3, 0.4) is 0 Å². The third-order valence-electron chi connectivity index (χ3n) is 3.76. The van der Waals surface area contributed by atoms with Gasteiger partial charge < -0.3 is 10.6 Å². The Labute approximate surface area is 102 Å². The normalized spacial score (nSPS) is 18.9. The molecule has 1 aromatic carbocycles. The maximum absolute atomic E-state index is 12.0. The summed E-state index contributed by atoms with van der Waals surface area (Å²) in [5.74, 6) is 0.991. The second-order valence-corrected chi connectivity index (χ2v) is 5.24. The van der Waals surface area contributed by atoms with Crippen LogP contribution in [0.5, 0.6) is 0 Å². The topological polar surface area (TPSA) is 46.3 Å². The van der Waals surface area contributed by atoms with Gasteiger partial charge in [-0.05, 0) is 48.4 Å². The first-order chi connectivity index (χ1) is 8.22. The number of nitrogens with zero attached hydrogens (tertiary/aromatic N) is 1. The van der Waals surface area contributed by atoms with Gasteiger partial charge in [0.1, 0.15) is 0 Å². The highest BCUT2D eigenvalue weighted by molar-refractivity contribution is 5.77. The zero-order valence-corrected chi connectivity index (χ0v) is 9.98. The fourth-order valence-corrected chi connectivity index (χ4v) is 2.49. The number of hydrogen-bond donors (Lipinski definition) is 1. The number of nitrogens with two attached hydrogens (primary N) is 1. The highest BCUT2D eigenvalue weighted by atomic mass is 16.2. The predicted octanol–water partition coefficient (Wildman–Crippen LogP) is 1.95. The summed E-state index contributed by atoms with van der Waals surface area (Å²) in [5, 5.41) is 0. The number of carbonyl (C=O) groups is 1. The summed E-state index contributed by atoms with van der Waals surface area (Å²) in [4.78, 5) is 14.0. The fourth-order valence-electron chi connectivity index (χ4n) is 2.49. The van der Waals surface area contributed by atoms with E-state index in [0.717, 1.165) is 31.6 Å². The van der Waals surface area contributed by atoms with Crippen LogP contribution in [-0.4, -0.2) is 17.4 Å². The molecule has 3 nitrogen and oxygen atoms in total. The first kappa shape index (κ1) is 10.6. The van der Waals surface area contributed by atoms with Crippen LogP contribution in [0.4, 0.5) is 5.69 Å². The molecule has 0 atom stereocenters. The Bertz CT molecular complexity index is 452. The Morgan fingerprint density at radius 2 is 2.18 bits per heavy atom. The van der Waals surface area contributed by atoms with Crippen LogP contribution >= 0.6 is 0 Å². The number of rotatable bonds is 2. The van der Waals surface area contributed by atoms with Crippen LogP contribution in [0, 0.1) is 5.92 Å².